The molecule has 0 amide bonds. The molecule has 17 heavy (non-hydrogen) atoms. The summed E-state index contributed by atoms with van der Waals surface area (Å²) >= 11 is 0. The zero-order valence-electron chi connectivity index (χ0n) is 8.91. The first kappa shape index (κ1) is 13.0. The van der Waals surface area contributed by atoms with Crippen LogP contribution >= 0.6 is 0 Å². The van der Waals surface area contributed by atoms with Crippen LogP contribution in [0.5, 0.6) is 5.75 Å². The van der Waals surface area contributed by atoms with Crippen LogP contribution in [0.25, 0.3) is 0 Å². The topological polar surface area (TPSA) is 69.4 Å². The van der Waals surface area contributed by atoms with Crippen LogP contribution in [0.15, 0.2) is 12.1 Å². The summed E-state index contributed by atoms with van der Waals surface area (Å²) in [5.41, 5.74) is -0.957. The van der Waals surface area contributed by atoms with Crippen molar-refractivity contribution in [2.75, 3.05) is 6.61 Å². The second kappa shape index (κ2) is 5.33. The minimum absolute atomic E-state index is 0.0536. The molecule has 0 bridgehead atoms. The van der Waals surface area contributed by atoms with E-state index >= 15 is 0 Å². The van der Waals surface area contributed by atoms with Crippen molar-refractivity contribution in [2.24, 2.45) is 0 Å². The van der Waals surface area contributed by atoms with Gasteiger partial charge in [0.05, 0.1) is 17.6 Å². The molecule has 0 saturated heterocycles. The molecule has 0 radical (unpaired) electrons. The number of ketones is 1. The molecule has 1 aromatic carbocycles. The van der Waals surface area contributed by atoms with Gasteiger partial charge in [-0.25, -0.2) is 4.39 Å². The third kappa shape index (κ3) is 3.47. The van der Waals surface area contributed by atoms with Gasteiger partial charge in [0.1, 0.15) is 5.78 Å². The first-order valence-electron chi connectivity index (χ1n) is 4.67. The fourth-order valence-electron chi connectivity index (χ4n) is 1.07. The maximum absolute atomic E-state index is 13.2. The van der Waals surface area contributed by atoms with Gasteiger partial charge in [-0.3, -0.25) is 14.9 Å². The van der Waals surface area contributed by atoms with Crippen LogP contribution in [-0.2, 0) is 4.79 Å². The van der Waals surface area contributed by atoms with Gasteiger partial charge in [0.2, 0.25) is 5.82 Å². The Balaban J connectivity index is 2.84. The van der Waals surface area contributed by atoms with Gasteiger partial charge in [0.25, 0.3) is 0 Å². The van der Waals surface area contributed by atoms with E-state index in [4.69, 9.17) is 4.74 Å². The Kier molecular flexibility index (Phi) is 4.08. The molecule has 5 nitrogen and oxygen atoms in total. The average molecular weight is 245 g/mol. The maximum Gasteiger partial charge on any atom is 0.307 e. The predicted octanol–water partition coefficient (Wildman–Crippen LogP) is 2.23. The third-order valence-electron chi connectivity index (χ3n) is 1.91. The number of nitrogens with zero attached hydrogens (tertiary/aromatic N) is 1. The number of carbonyl (C=O) groups is 1. The lowest BCUT2D eigenvalue weighted by atomic mass is 10.2. The maximum atomic E-state index is 13.2. The molecule has 0 aliphatic rings. The molecule has 0 unspecified atom stereocenters. The van der Waals surface area contributed by atoms with E-state index in [0.717, 1.165) is 0 Å². The zero-order chi connectivity index (χ0) is 13.0. The highest BCUT2D eigenvalue weighted by Crippen LogP contribution is 2.26. The fourth-order valence-corrected chi connectivity index (χ4v) is 1.07. The van der Waals surface area contributed by atoms with Crippen molar-refractivity contribution in [1.29, 1.82) is 0 Å². The Labute approximate surface area is 95.2 Å². The fraction of sp³-hybridized carbons (Fsp3) is 0.300. The Morgan fingerprint density at radius 3 is 2.59 bits per heavy atom. The molecule has 0 heterocycles. The van der Waals surface area contributed by atoms with Crippen molar-refractivity contribution in [2.45, 2.75) is 13.3 Å². The van der Waals surface area contributed by atoms with Gasteiger partial charge in [0, 0.05) is 12.5 Å². The van der Waals surface area contributed by atoms with E-state index in [9.17, 15) is 23.7 Å². The number of rotatable bonds is 5. The van der Waals surface area contributed by atoms with Crippen LogP contribution in [0.1, 0.15) is 13.3 Å². The Bertz CT molecular complexity index is 462. The number of hydrogen-bond acceptors (Lipinski definition) is 4. The number of ether oxygens (including phenoxy) is 1. The van der Waals surface area contributed by atoms with E-state index in [1.165, 1.54) is 6.92 Å². The summed E-state index contributed by atoms with van der Waals surface area (Å²) in [6.45, 7) is 1.22. The third-order valence-corrected chi connectivity index (χ3v) is 1.91. The molecular weight excluding hydrogens is 236 g/mol. The summed E-state index contributed by atoms with van der Waals surface area (Å²) < 4.78 is 31.2. The predicted molar refractivity (Wildman–Crippen MR) is 53.8 cm³/mol. The lowest BCUT2D eigenvalue weighted by Gasteiger charge is -2.06. The smallest absolute Gasteiger partial charge is 0.307 e. The van der Waals surface area contributed by atoms with Gasteiger partial charge in [-0.05, 0) is 6.92 Å². The van der Waals surface area contributed by atoms with E-state index in [2.05, 4.69) is 0 Å². The SMILES string of the molecule is CC(=O)CCOc1cc(F)c([N+](=O)[O-])cc1F. The summed E-state index contributed by atoms with van der Waals surface area (Å²) in [4.78, 5) is 19.9. The van der Waals surface area contributed by atoms with Crippen LogP contribution in [0.3, 0.4) is 0 Å². The molecule has 0 saturated carbocycles. The van der Waals surface area contributed by atoms with Crippen molar-refractivity contribution in [3.63, 3.8) is 0 Å². The molecule has 0 atom stereocenters. The molecule has 0 N–H and O–H groups in total. The zero-order valence-corrected chi connectivity index (χ0v) is 8.91. The van der Waals surface area contributed by atoms with Crippen LogP contribution in [0, 0.1) is 21.7 Å². The Morgan fingerprint density at radius 2 is 2.06 bits per heavy atom. The molecule has 0 aliphatic heterocycles. The van der Waals surface area contributed by atoms with E-state index in [1.54, 1.807) is 0 Å². The lowest BCUT2D eigenvalue weighted by Crippen LogP contribution is -2.05. The number of carbonyl (C=O) groups excluding carboxylic acids is 1. The van der Waals surface area contributed by atoms with Gasteiger partial charge >= 0.3 is 5.69 Å². The number of halogens is 2. The highest BCUT2D eigenvalue weighted by Gasteiger charge is 2.19. The Hall–Kier alpha value is -2.05. The van der Waals surface area contributed by atoms with Crippen molar-refractivity contribution in [3.05, 3.63) is 33.9 Å². The molecular formula is C10H9F2NO4. The summed E-state index contributed by atoms with van der Waals surface area (Å²) in [6, 6.07) is 1.03. The van der Waals surface area contributed by atoms with Crippen LogP contribution in [0.2, 0.25) is 0 Å². The highest BCUT2D eigenvalue weighted by molar-refractivity contribution is 5.75. The molecule has 7 heteroatoms. The van der Waals surface area contributed by atoms with Crippen molar-refractivity contribution < 1.29 is 23.2 Å². The average Bonchev–Trinajstić information content (AvgIpc) is 2.21. The van der Waals surface area contributed by atoms with E-state index in [1.807, 2.05) is 0 Å². The van der Waals surface area contributed by atoms with Crippen molar-refractivity contribution in [1.82, 2.24) is 0 Å². The van der Waals surface area contributed by atoms with E-state index in [-0.39, 0.29) is 18.8 Å². The first-order chi connectivity index (χ1) is 7.91. The molecule has 0 aliphatic carbocycles. The van der Waals surface area contributed by atoms with Crippen LogP contribution in [0.4, 0.5) is 14.5 Å². The summed E-state index contributed by atoms with van der Waals surface area (Å²) in [6.07, 6.45) is 0.0536. The minimum Gasteiger partial charge on any atom is -0.490 e. The van der Waals surface area contributed by atoms with Gasteiger partial charge in [0.15, 0.2) is 11.6 Å². The van der Waals surface area contributed by atoms with Crippen LogP contribution < -0.4 is 4.74 Å². The second-order valence-electron chi connectivity index (χ2n) is 3.29. The number of nitro groups is 1. The van der Waals surface area contributed by atoms with E-state index in [0.29, 0.717) is 12.1 Å². The molecule has 0 spiro atoms. The molecule has 92 valence electrons. The van der Waals surface area contributed by atoms with Gasteiger partial charge in [-0.15, -0.1) is 0 Å². The summed E-state index contributed by atoms with van der Waals surface area (Å²) in [5, 5.41) is 10.3. The lowest BCUT2D eigenvalue weighted by molar-refractivity contribution is -0.387. The first-order valence-corrected chi connectivity index (χ1v) is 4.67. The van der Waals surface area contributed by atoms with Crippen molar-refractivity contribution in [3.8, 4) is 5.75 Å². The Morgan fingerprint density at radius 1 is 1.41 bits per heavy atom. The number of nitro benzene ring substituents is 1. The molecule has 1 rings (SSSR count). The minimum atomic E-state index is -1.19. The normalized spacial score (nSPS) is 10.1. The second-order valence-corrected chi connectivity index (χ2v) is 3.29. The van der Waals surface area contributed by atoms with Crippen molar-refractivity contribution >= 4 is 11.5 Å². The summed E-state index contributed by atoms with van der Waals surface area (Å²) in [5.74, 6) is -2.84. The van der Waals surface area contributed by atoms with Gasteiger partial charge in [-0.2, -0.15) is 4.39 Å². The standard InChI is InChI=1S/C10H9F2NO4/c1-6(14)2-3-17-10-5-7(11)9(13(15)16)4-8(10)12/h4-5H,2-3H2,1H3. The van der Waals surface area contributed by atoms with Gasteiger partial charge < -0.3 is 4.74 Å². The largest absolute Gasteiger partial charge is 0.490 e. The quantitative estimate of drug-likeness (QED) is 0.589. The van der Waals surface area contributed by atoms with Crippen LogP contribution in [-0.4, -0.2) is 17.3 Å². The van der Waals surface area contributed by atoms with E-state index < -0.39 is 28.0 Å². The number of Topliss-reactive ketones (excluding diaryl/α,β-unsaturated/α-hetero) is 1. The van der Waals surface area contributed by atoms with Gasteiger partial charge in [-0.1, -0.05) is 0 Å². The highest BCUT2D eigenvalue weighted by atomic mass is 19.1. The molecule has 0 aromatic heterocycles. The summed E-state index contributed by atoms with van der Waals surface area (Å²) in [7, 11) is 0. The molecule has 1 aromatic rings. The monoisotopic (exact) mass is 245 g/mol. The number of benzene rings is 1. The number of hydrogen-bond donors (Lipinski definition) is 0. The molecule has 0 fully saturated rings.